The van der Waals surface area contributed by atoms with Crippen molar-refractivity contribution in [3.8, 4) is 0 Å². The van der Waals surface area contributed by atoms with E-state index in [1.807, 2.05) is 13.8 Å². The molecule has 0 fully saturated rings. The van der Waals surface area contributed by atoms with Crippen molar-refractivity contribution in [3.63, 3.8) is 0 Å². The molecule has 0 spiro atoms. The Morgan fingerprint density at radius 1 is 1.45 bits per heavy atom. The van der Waals surface area contributed by atoms with E-state index in [0.717, 1.165) is 0 Å². The van der Waals surface area contributed by atoms with E-state index in [0.29, 0.717) is 28.6 Å². The second-order valence-electron chi connectivity index (χ2n) is 4.95. The summed E-state index contributed by atoms with van der Waals surface area (Å²) in [6.45, 7) is 5.89. The predicted molar refractivity (Wildman–Crippen MR) is 75.9 cm³/mol. The average molecular weight is 300 g/mol. The van der Waals surface area contributed by atoms with Crippen molar-refractivity contribution in [2.45, 2.75) is 39.8 Å². The number of methoxy groups -OCH3 is 1. The van der Waals surface area contributed by atoms with E-state index < -0.39 is 17.9 Å². The highest BCUT2D eigenvalue weighted by atomic mass is 32.1. The van der Waals surface area contributed by atoms with Gasteiger partial charge in [-0.05, 0) is 19.3 Å². The Kier molecular flexibility index (Phi) is 6.09. The summed E-state index contributed by atoms with van der Waals surface area (Å²) >= 11 is 1.22. The van der Waals surface area contributed by atoms with Crippen LogP contribution >= 0.6 is 11.3 Å². The number of carbonyl (C=O) groups excluding carboxylic acids is 1. The van der Waals surface area contributed by atoms with Crippen LogP contribution in [0.4, 0.5) is 0 Å². The zero-order chi connectivity index (χ0) is 15.3. The second-order valence-corrected chi connectivity index (χ2v) is 6.03. The van der Waals surface area contributed by atoms with Crippen LogP contribution in [0.3, 0.4) is 0 Å². The lowest BCUT2D eigenvalue weighted by atomic mass is 10.0. The van der Waals surface area contributed by atoms with Gasteiger partial charge in [0.2, 0.25) is 0 Å². The number of aromatic nitrogens is 1. The molecule has 1 amide bonds. The van der Waals surface area contributed by atoms with Gasteiger partial charge in [0, 0.05) is 7.11 Å². The maximum atomic E-state index is 12.1. The third kappa shape index (κ3) is 4.57. The highest BCUT2D eigenvalue weighted by molar-refractivity contribution is 7.13. The zero-order valence-electron chi connectivity index (χ0n) is 12.1. The molecule has 0 saturated carbocycles. The van der Waals surface area contributed by atoms with Crippen LogP contribution in [0, 0.1) is 12.8 Å². The first-order valence-electron chi connectivity index (χ1n) is 6.34. The fourth-order valence-electron chi connectivity index (χ4n) is 1.76. The van der Waals surface area contributed by atoms with Gasteiger partial charge in [0.15, 0.2) is 0 Å². The van der Waals surface area contributed by atoms with E-state index in [4.69, 9.17) is 9.84 Å². The number of thiazole rings is 1. The Bertz CT molecular complexity index is 485. The van der Waals surface area contributed by atoms with Gasteiger partial charge in [0.25, 0.3) is 5.91 Å². The van der Waals surface area contributed by atoms with Crippen LogP contribution in [0.5, 0.6) is 0 Å². The molecule has 0 aliphatic heterocycles. The minimum Gasteiger partial charge on any atom is -0.480 e. The standard InChI is InChI=1S/C13H20N2O4S/c1-7(2)5-9(13(17)18)15-12(16)11-8(3)14-10(20-11)6-19-4/h7,9H,5-6H2,1-4H3,(H,15,16)(H,17,18). The second kappa shape index (κ2) is 7.35. The zero-order valence-corrected chi connectivity index (χ0v) is 12.9. The summed E-state index contributed by atoms with van der Waals surface area (Å²) in [7, 11) is 1.56. The molecule has 0 aromatic carbocycles. The molecule has 1 heterocycles. The Hall–Kier alpha value is -1.47. The number of ether oxygens (including phenoxy) is 1. The monoisotopic (exact) mass is 300 g/mol. The molecule has 0 aliphatic rings. The van der Waals surface area contributed by atoms with Crippen molar-refractivity contribution in [1.82, 2.24) is 10.3 Å². The average Bonchev–Trinajstić information content (AvgIpc) is 2.69. The van der Waals surface area contributed by atoms with Gasteiger partial charge in [0.1, 0.15) is 15.9 Å². The molecule has 7 heteroatoms. The van der Waals surface area contributed by atoms with E-state index in [1.54, 1.807) is 14.0 Å². The Labute approximate surface area is 122 Å². The summed E-state index contributed by atoms with van der Waals surface area (Å²) < 4.78 is 4.97. The summed E-state index contributed by atoms with van der Waals surface area (Å²) in [6, 6.07) is -0.880. The number of carboxylic acid groups (broad SMARTS) is 1. The number of amides is 1. The van der Waals surface area contributed by atoms with E-state index in [-0.39, 0.29) is 5.92 Å². The molecule has 0 radical (unpaired) electrons. The van der Waals surface area contributed by atoms with Gasteiger partial charge >= 0.3 is 5.97 Å². The minimum absolute atomic E-state index is 0.183. The van der Waals surface area contributed by atoms with Gasteiger partial charge in [0.05, 0.1) is 12.3 Å². The summed E-state index contributed by atoms with van der Waals surface area (Å²) in [4.78, 5) is 27.9. The van der Waals surface area contributed by atoms with Crippen LogP contribution < -0.4 is 5.32 Å². The SMILES string of the molecule is COCc1nc(C)c(C(=O)NC(CC(C)C)C(=O)O)s1. The van der Waals surface area contributed by atoms with E-state index >= 15 is 0 Å². The molecule has 1 aromatic heterocycles. The number of carboxylic acids is 1. The van der Waals surface area contributed by atoms with E-state index in [9.17, 15) is 9.59 Å². The summed E-state index contributed by atoms with van der Waals surface area (Å²) in [5, 5.41) is 12.4. The number of nitrogens with zero attached hydrogens (tertiary/aromatic N) is 1. The Morgan fingerprint density at radius 3 is 2.60 bits per heavy atom. The fourth-order valence-corrected chi connectivity index (χ4v) is 2.70. The molecule has 1 aromatic rings. The molecule has 6 nitrogen and oxygen atoms in total. The lowest BCUT2D eigenvalue weighted by Gasteiger charge is -2.15. The molecule has 20 heavy (non-hydrogen) atoms. The largest absolute Gasteiger partial charge is 0.480 e. The van der Waals surface area contributed by atoms with Crippen LogP contribution in [0.15, 0.2) is 0 Å². The third-order valence-corrected chi connectivity index (χ3v) is 3.76. The third-order valence-electron chi connectivity index (χ3n) is 2.63. The summed E-state index contributed by atoms with van der Waals surface area (Å²) in [5.74, 6) is -1.23. The number of aliphatic carboxylic acids is 1. The molecule has 1 rings (SSSR count). The molecule has 0 bridgehead atoms. The lowest BCUT2D eigenvalue weighted by molar-refractivity contribution is -0.139. The predicted octanol–water partition coefficient (Wildman–Crippen LogP) is 1.83. The number of aryl methyl sites for hydroxylation is 1. The van der Waals surface area contributed by atoms with Gasteiger partial charge < -0.3 is 15.2 Å². The summed E-state index contributed by atoms with van der Waals surface area (Å²) in [5.41, 5.74) is 0.591. The maximum Gasteiger partial charge on any atom is 0.326 e. The molecular weight excluding hydrogens is 280 g/mol. The van der Waals surface area contributed by atoms with Crippen molar-refractivity contribution in [2.75, 3.05) is 7.11 Å². The molecule has 0 aliphatic carbocycles. The Balaban J connectivity index is 2.80. The van der Waals surface area contributed by atoms with Gasteiger partial charge in [-0.15, -0.1) is 11.3 Å². The van der Waals surface area contributed by atoms with Gasteiger partial charge in [-0.25, -0.2) is 9.78 Å². The topological polar surface area (TPSA) is 88.5 Å². The van der Waals surface area contributed by atoms with Crippen molar-refractivity contribution >= 4 is 23.2 Å². The first-order chi connectivity index (χ1) is 9.35. The van der Waals surface area contributed by atoms with Crippen molar-refractivity contribution < 1.29 is 19.4 Å². The van der Waals surface area contributed by atoms with Gasteiger partial charge in [-0.2, -0.15) is 0 Å². The van der Waals surface area contributed by atoms with Gasteiger partial charge in [-0.1, -0.05) is 13.8 Å². The highest BCUT2D eigenvalue weighted by Crippen LogP contribution is 2.19. The van der Waals surface area contributed by atoms with Crippen molar-refractivity contribution in [1.29, 1.82) is 0 Å². The molecule has 1 unspecified atom stereocenters. The first kappa shape index (κ1) is 16.6. The van der Waals surface area contributed by atoms with Crippen LogP contribution in [-0.4, -0.2) is 35.1 Å². The smallest absolute Gasteiger partial charge is 0.326 e. The molecule has 1 atom stereocenters. The Morgan fingerprint density at radius 2 is 2.10 bits per heavy atom. The first-order valence-corrected chi connectivity index (χ1v) is 7.15. The highest BCUT2D eigenvalue weighted by Gasteiger charge is 2.24. The van der Waals surface area contributed by atoms with Crippen LogP contribution in [0.2, 0.25) is 0 Å². The molecular formula is C13H20N2O4S. The number of rotatable bonds is 7. The normalized spacial score (nSPS) is 12.4. The number of carbonyl (C=O) groups is 2. The molecule has 2 N–H and O–H groups in total. The maximum absolute atomic E-state index is 12.1. The van der Waals surface area contributed by atoms with Gasteiger partial charge in [-0.3, -0.25) is 4.79 Å². The van der Waals surface area contributed by atoms with Crippen molar-refractivity contribution in [2.24, 2.45) is 5.92 Å². The number of nitrogens with one attached hydrogen (secondary N) is 1. The van der Waals surface area contributed by atoms with Crippen LogP contribution in [-0.2, 0) is 16.1 Å². The number of hydrogen-bond donors (Lipinski definition) is 2. The minimum atomic E-state index is -1.02. The van der Waals surface area contributed by atoms with Crippen LogP contribution in [0.25, 0.3) is 0 Å². The van der Waals surface area contributed by atoms with E-state index in [2.05, 4.69) is 10.3 Å². The quantitative estimate of drug-likeness (QED) is 0.802. The molecule has 112 valence electrons. The molecule has 0 saturated heterocycles. The van der Waals surface area contributed by atoms with Crippen molar-refractivity contribution in [3.05, 3.63) is 15.6 Å². The number of hydrogen-bond acceptors (Lipinski definition) is 5. The fraction of sp³-hybridized carbons (Fsp3) is 0.615. The van der Waals surface area contributed by atoms with Crippen LogP contribution in [0.1, 0.15) is 40.6 Å². The van der Waals surface area contributed by atoms with E-state index in [1.165, 1.54) is 11.3 Å². The lowest BCUT2D eigenvalue weighted by Crippen LogP contribution is -2.41. The summed E-state index contributed by atoms with van der Waals surface area (Å²) in [6.07, 6.45) is 0.393.